The Bertz CT molecular complexity index is 206. The van der Waals surface area contributed by atoms with Gasteiger partial charge in [0, 0.05) is 12.1 Å². The maximum atomic E-state index is 3.55. The molecule has 2 unspecified atom stereocenters. The Morgan fingerprint density at radius 1 is 0.944 bits per heavy atom. The van der Waals surface area contributed by atoms with Gasteiger partial charge in [0.2, 0.25) is 0 Å². The third kappa shape index (κ3) is 5.68. The Labute approximate surface area is 114 Å². The minimum Gasteiger partial charge on any atom is -0.315 e. The third-order valence-corrected chi connectivity index (χ3v) is 4.28. The first-order valence-electron chi connectivity index (χ1n) is 7.67. The molecule has 1 saturated carbocycles. The molecule has 0 heterocycles. The quantitative estimate of drug-likeness (QED) is 0.785. The molecule has 2 atom stereocenters. The largest absolute Gasteiger partial charge is 0.315 e. The maximum absolute atomic E-state index is 3.55. The van der Waals surface area contributed by atoms with Crippen molar-refractivity contribution < 1.29 is 0 Å². The highest BCUT2D eigenvalue weighted by Crippen LogP contribution is 2.21. The Morgan fingerprint density at radius 2 is 1.61 bits per heavy atom. The summed E-state index contributed by atoms with van der Waals surface area (Å²) in [4.78, 5) is 4.87. The molecule has 1 N–H and O–H groups in total. The Hall–Kier alpha value is -0.120. The zero-order chi connectivity index (χ0) is 13.4. The summed E-state index contributed by atoms with van der Waals surface area (Å²) in [5.74, 6) is 0. The lowest BCUT2D eigenvalue weighted by Gasteiger charge is -2.36. The van der Waals surface area contributed by atoms with E-state index in [-0.39, 0.29) is 0 Å². The van der Waals surface area contributed by atoms with Crippen LogP contribution in [0.5, 0.6) is 0 Å². The number of hydrogen-bond donors (Lipinski definition) is 1. The molecule has 0 saturated heterocycles. The summed E-state index contributed by atoms with van der Waals surface area (Å²) in [5.41, 5.74) is 0. The normalized spacial score (nSPS) is 26.3. The standard InChI is InChI=1S/C15H33N3/c1-16-14-10-7-5-6-8-11-15(14)18(4)13-9-12-17(2)3/h14-16H,5-13H2,1-4H3. The number of hydrogen-bond acceptors (Lipinski definition) is 3. The van der Waals surface area contributed by atoms with Gasteiger partial charge in [-0.05, 0) is 60.5 Å². The van der Waals surface area contributed by atoms with Crippen molar-refractivity contribution in [3.8, 4) is 0 Å². The topological polar surface area (TPSA) is 18.5 Å². The van der Waals surface area contributed by atoms with Crippen molar-refractivity contribution in [2.45, 2.75) is 57.0 Å². The molecule has 3 heteroatoms. The van der Waals surface area contributed by atoms with E-state index in [0.717, 1.165) is 6.04 Å². The van der Waals surface area contributed by atoms with E-state index in [9.17, 15) is 0 Å². The first-order chi connectivity index (χ1) is 8.65. The smallest absolute Gasteiger partial charge is 0.0246 e. The van der Waals surface area contributed by atoms with Gasteiger partial charge < -0.3 is 15.1 Å². The molecule has 0 aromatic rings. The third-order valence-electron chi connectivity index (χ3n) is 4.28. The van der Waals surface area contributed by atoms with Crippen molar-refractivity contribution in [2.75, 3.05) is 41.3 Å². The van der Waals surface area contributed by atoms with Crippen molar-refractivity contribution in [1.29, 1.82) is 0 Å². The van der Waals surface area contributed by atoms with Crippen molar-refractivity contribution in [2.24, 2.45) is 0 Å². The first kappa shape index (κ1) is 15.9. The minimum absolute atomic E-state index is 0.689. The van der Waals surface area contributed by atoms with E-state index in [1.807, 2.05) is 0 Å². The van der Waals surface area contributed by atoms with Crippen LogP contribution in [0.1, 0.15) is 44.9 Å². The van der Waals surface area contributed by atoms with Crippen LogP contribution < -0.4 is 5.32 Å². The van der Waals surface area contributed by atoms with Crippen LogP contribution in [0.15, 0.2) is 0 Å². The Morgan fingerprint density at radius 3 is 2.22 bits per heavy atom. The van der Waals surface area contributed by atoms with E-state index in [4.69, 9.17) is 0 Å². The molecule has 1 aliphatic carbocycles. The SMILES string of the molecule is CNC1CCCCCCC1N(C)CCCN(C)C. The van der Waals surface area contributed by atoms with Crippen LogP contribution in [-0.4, -0.2) is 63.2 Å². The van der Waals surface area contributed by atoms with Gasteiger partial charge in [-0.1, -0.05) is 25.7 Å². The highest BCUT2D eigenvalue weighted by molar-refractivity contribution is 4.84. The maximum Gasteiger partial charge on any atom is 0.0246 e. The fourth-order valence-electron chi connectivity index (χ4n) is 3.13. The Kier molecular flexibility index (Phi) is 7.87. The van der Waals surface area contributed by atoms with Crippen LogP contribution in [0.4, 0.5) is 0 Å². The second-order valence-corrected chi connectivity index (χ2v) is 6.09. The second kappa shape index (κ2) is 8.89. The van der Waals surface area contributed by atoms with Crippen LogP contribution in [0, 0.1) is 0 Å². The fraction of sp³-hybridized carbons (Fsp3) is 1.00. The van der Waals surface area contributed by atoms with E-state index < -0.39 is 0 Å². The molecule has 0 bridgehead atoms. The molecule has 0 amide bonds. The molecule has 108 valence electrons. The van der Waals surface area contributed by atoms with Gasteiger partial charge in [0.25, 0.3) is 0 Å². The van der Waals surface area contributed by atoms with Crippen LogP contribution in [0.2, 0.25) is 0 Å². The van der Waals surface area contributed by atoms with Gasteiger partial charge in [-0.25, -0.2) is 0 Å². The molecular weight excluding hydrogens is 222 g/mol. The summed E-state index contributed by atoms with van der Waals surface area (Å²) in [6.45, 7) is 2.42. The van der Waals surface area contributed by atoms with Crippen molar-refractivity contribution in [3.63, 3.8) is 0 Å². The van der Waals surface area contributed by atoms with Gasteiger partial charge in [-0.3, -0.25) is 0 Å². The summed E-state index contributed by atoms with van der Waals surface area (Å²) in [6, 6.07) is 1.42. The average molecular weight is 255 g/mol. The summed E-state index contributed by atoms with van der Waals surface area (Å²) in [6.07, 6.45) is 9.64. The summed E-state index contributed by atoms with van der Waals surface area (Å²) in [7, 11) is 8.76. The molecule has 0 aliphatic heterocycles. The van der Waals surface area contributed by atoms with Crippen molar-refractivity contribution in [3.05, 3.63) is 0 Å². The highest BCUT2D eigenvalue weighted by atomic mass is 15.2. The predicted octanol–water partition coefficient (Wildman–Crippen LogP) is 2.18. The van der Waals surface area contributed by atoms with Crippen LogP contribution in [0.3, 0.4) is 0 Å². The van der Waals surface area contributed by atoms with Crippen LogP contribution in [-0.2, 0) is 0 Å². The molecule has 0 radical (unpaired) electrons. The van der Waals surface area contributed by atoms with Crippen LogP contribution >= 0.6 is 0 Å². The summed E-state index contributed by atoms with van der Waals surface area (Å²) in [5, 5.41) is 3.55. The Balaban J connectivity index is 2.41. The molecule has 3 nitrogen and oxygen atoms in total. The van der Waals surface area contributed by atoms with E-state index in [1.54, 1.807) is 0 Å². The van der Waals surface area contributed by atoms with Gasteiger partial charge in [0.05, 0.1) is 0 Å². The number of rotatable bonds is 6. The average Bonchev–Trinajstić information content (AvgIpc) is 2.28. The van der Waals surface area contributed by atoms with E-state index in [0.29, 0.717) is 6.04 Å². The van der Waals surface area contributed by atoms with Gasteiger partial charge >= 0.3 is 0 Å². The van der Waals surface area contributed by atoms with Gasteiger partial charge in [0.15, 0.2) is 0 Å². The number of nitrogens with zero attached hydrogens (tertiary/aromatic N) is 2. The summed E-state index contributed by atoms with van der Waals surface area (Å²) >= 11 is 0. The molecular formula is C15H33N3. The molecule has 0 spiro atoms. The number of likely N-dealkylation sites (N-methyl/N-ethyl adjacent to an activating group) is 2. The van der Waals surface area contributed by atoms with E-state index in [1.165, 1.54) is 58.0 Å². The van der Waals surface area contributed by atoms with E-state index >= 15 is 0 Å². The lowest BCUT2D eigenvalue weighted by atomic mass is 9.91. The molecule has 0 aromatic heterocycles. The molecule has 1 rings (SSSR count). The number of nitrogens with one attached hydrogen (secondary N) is 1. The predicted molar refractivity (Wildman–Crippen MR) is 80.1 cm³/mol. The van der Waals surface area contributed by atoms with Crippen molar-refractivity contribution in [1.82, 2.24) is 15.1 Å². The summed E-state index contributed by atoms with van der Waals surface area (Å²) < 4.78 is 0. The van der Waals surface area contributed by atoms with E-state index in [2.05, 4.69) is 43.3 Å². The molecule has 1 fully saturated rings. The van der Waals surface area contributed by atoms with Crippen molar-refractivity contribution >= 4 is 0 Å². The molecule has 18 heavy (non-hydrogen) atoms. The minimum atomic E-state index is 0.689. The monoisotopic (exact) mass is 255 g/mol. The highest BCUT2D eigenvalue weighted by Gasteiger charge is 2.24. The van der Waals surface area contributed by atoms with Gasteiger partial charge in [0.1, 0.15) is 0 Å². The van der Waals surface area contributed by atoms with Crippen LogP contribution in [0.25, 0.3) is 0 Å². The lowest BCUT2D eigenvalue weighted by Crippen LogP contribution is -2.48. The fourth-order valence-corrected chi connectivity index (χ4v) is 3.13. The lowest BCUT2D eigenvalue weighted by molar-refractivity contribution is 0.161. The van der Waals surface area contributed by atoms with Gasteiger partial charge in [-0.15, -0.1) is 0 Å². The molecule has 0 aromatic carbocycles. The second-order valence-electron chi connectivity index (χ2n) is 6.09. The van der Waals surface area contributed by atoms with Gasteiger partial charge in [-0.2, -0.15) is 0 Å². The molecule has 1 aliphatic rings. The first-order valence-corrected chi connectivity index (χ1v) is 7.67. The zero-order valence-corrected chi connectivity index (χ0v) is 12.9. The zero-order valence-electron chi connectivity index (χ0n) is 12.9.